The van der Waals surface area contributed by atoms with Gasteiger partial charge in [-0.1, -0.05) is 12.1 Å². The highest BCUT2D eigenvalue weighted by Crippen LogP contribution is 2.26. The van der Waals surface area contributed by atoms with Gasteiger partial charge in [0, 0.05) is 13.1 Å². The van der Waals surface area contributed by atoms with E-state index in [-0.39, 0.29) is 36.5 Å². The van der Waals surface area contributed by atoms with Gasteiger partial charge in [0.1, 0.15) is 12.4 Å². The fourth-order valence-corrected chi connectivity index (χ4v) is 4.77. The molecule has 0 bridgehead atoms. The van der Waals surface area contributed by atoms with Crippen molar-refractivity contribution in [3.05, 3.63) is 59.7 Å². The zero-order valence-electron chi connectivity index (χ0n) is 16.8. The maximum Gasteiger partial charge on any atom is 0.309 e. The first-order valence-electron chi connectivity index (χ1n) is 9.82. The third-order valence-electron chi connectivity index (χ3n) is 5.02. The zero-order valence-corrected chi connectivity index (χ0v) is 17.6. The molecule has 0 spiro atoms. The number of rotatable bonds is 7. The molecular weight excluding hydrogens is 404 g/mol. The molecule has 0 aliphatic carbocycles. The molecule has 1 saturated heterocycles. The van der Waals surface area contributed by atoms with Crippen LogP contribution in [0.1, 0.15) is 30.9 Å². The van der Waals surface area contributed by atoms with E-state index in [1.807, 2.05) is 13.0 Å². The van der Waals surface area contributed by atoms with Crippen LogP contribution in [0.5, 0.6) is 5.75 Å². The van der Waals surface area contributed by atoms with E-state index in [9.17, 15) is 13.2 Å². The fraction of sp³-hybridized carbons (Fsp3) is 0.364. The third kappa shape index (κ3) is 5.17. The van der Waals surface area contributed by atoms with E-state index in [1.54, 1.807) is 36.4 Å². The highest BCUT2D eigenvalue weighted by molar-refractivity contribution is 7.89. The van der Waals surface area contributed by atoms with Gasteiger partial charge in [0.15, 0.2) is 0 Å². The molecule has 0 N–H and O–H groups in total. The normalized spacial score (nSPS) is 15.3. The van der Waals surface area contributed by atoms with Crippen LogP contribution >= 0.6 is 0 Å². The average molecular weight is 429 g/mol. The van der Waals surface area contributed by atoms with Gasteiger partial charge >= 0.3 is 5.97 Å². The molecule has 2 aromatic carbocycles. The first-order chi connectivity index (χ1) is 14.4. The first-order valence-corrected chi connectivity index (χ1v) is 11.3. The molecule has 0 saturated carbocycles. The third-order valence-corrected chi connectivity index (χ3v) is 6.94. The summed E-state index contributed by atoms with van der Waals surface area (Å²) in [7, 11) is -3.61. The van der Waals surface area contributed by atoms with E-state index >= 15 is 0 Å². The van der Waals surface area contributed by atoms with E-state index in [2.05, 4.69) is 0 Å². The van der Waals surface area contributed by atoms with E-state index in [0.717, 1.165) is 5.56 Å². The maximum absolute atomic E-state index is 12.8. The van der Waals surface area contributed by atoms with Gasteiger partial charge in [-0.3, -0.25) is 4.79 Å². The highest BCUT2D eigenvalue weighted by atomic mass is 32.2. The Kier molecular flexibility index (Phi) is 7.08. The van der Waals surface area contributed by atoms with Gasteiger partial charge < -0.3 is 9.47 Å². The standard InChI is InChI=1S/C22H24N2O5S/c1-2-28-20-7-9-21(10-8-20)30(26,27)24-13-11-19(12-14-24)22(25)29-16-18-5-3-17(15-23)4-6-18/h3-10,19H,2,11-14,16H2,1H3. The first kappa shape index (κ1) is 21.8. The molecule has 3 rings (SSSR count). The van der Waals surface area contributed by atoms with Crippen LogP contribution in [0.4, 0.5) is 0 Å². The number of hydrogen-bond acceptors (Lipinski definition) is 6. The molecule has 1 aliphatic rings. The highest BCUT2D eigenvalue weighted by Gasteiger charge is 2.32. The minimum atomic E-state index is -3.61. The van der Waals surface area contributed by atoms with Gasteiger partial charge in [-0.05, 0) is 61.7 Å². The lowest BCUT2D eigenvalue weighted by Gasteiger charge is -2.30. The van der Waals surface area contributed by atoms with Crippen LogP contribution in [0.15, 0.2) is 53.4 Å². The fourth-order valence-electron chi connectivity index (χ4n) is 3.30. The van der Waals surface area contributed by atoms with E-state index in [0.29, 0.717) is 30.8 Å². The molecular formula is C22H24N2O5S. The quantitative estimate of drug-likeness (QED) is 0.629. The SMILES string of the molecule is CCOc1ccc(S(=O)(=O)N2CCC(C(=O)OCc3ccc(C#N)cc3)CC2)cc1. The van der Waals surface area contributed by atoms with Crippen molar-refractivity contribution in [3.8, 4) is 11.8 Å². The number of sulfonamides is 1. The minimum Gasteiger partial charge on any atom is -0.494 e. The molecule has 1 aliphatic heterocycles. The van der Waals surface area contributed by atoms with Crippen molar-refractivity contribution in [1.82, 2.24) is 4.31 Å². The molecule has 1 fully saturated rings. The number of piperidine rings is 1. The van der Waals surface area contributed by atoms with Gasteiger partial charge in [0.2, 0.25) is 10.0 Å². The molecule has 8 heteroatoms. The summed E-state index contributed by atoms with van der Waals surface area (Å²) in [6.45, 7) is 3.05. The molecule has 0 aromatic heterocycles. The number of carbonyl (C=O) groups excluding carboxylic acids is 1. The van der Waals surface area contributed by atoms with Crippen molar-refractivity contribution >= 4 is 16.0 Å². The van der Waals surface area contributed by atoms with Crippen LogP contribution in [0, 0.1) is 17.2 Å². The van der Waals surface area contributed by atoms with Gasteiger partial charge in [-0.25, -0.2) is 8.42 Å². The van der Waals surface area contributed by atoms with Crippen LogP contribution < -0.4 is 4.74 Å². The van der Waals surface area contributed by atoms with Gasteiger partial charge in [0.25, 0.3) is 0 Å². The summed E-state index contributed by atoms with van der Waals surface area (Å²) >= 11 is 0. The van der Waals surface area contributed by atoms with Gasteiger partial charge in [-0.2, -0.15) is 9.57 Å². The Morgan fingerprint density at radius 3 is 2.30 bits per heavy atom. The summed E-state index contributed by atoms with van der Waals surface area (Å²) in [5.41, 5.74) is 1.35. The molecule has 0 atom stereocenters. The monoisotopic (exact) mass is 428 g/mol. The number of hydrogen-bond donors (Lipinski definition) is 0. The summed E-state index contributed by atoms with van der Waals surface area (Å²) in [6.07, 6.45) is 0.838. The zero-order chi connectivity index (χ0) is 21.6. The van der Waals surface area contributed by atoms with Gasteiger partial charge in [0.05, 0.1) is 29.1 Å². The maximum atomic E-state index is 12.8. The second-order valence-corrected chi connectivity index (χ2v) is 8.94. The molecule has 2 aromatic rings. The Bertz CT molecular complexity index is 1000. The summed E-state index contributed by atoms with van der Waals surface area (Å²) in [6, 6.07) is 15.2. The number of esters is 1. The van der Waals surface area contributed by atoms with Crippen molar-refractivity contribution in [2.75, 3.05) is 19.7 Å². The number of benzene rings is 2. The van der Waals surface area contributed by atoms with Gasteiger partial charge in [-0.15, -0.1) is 0 Å². The molecule has 0 unspecified atom stereocenters. The van der Waals surface area contributed by atoms with Crippen LogP contribution in [-0.4, -0.2) is 38.4 Å². The number of carbonyl (C=O) groups is 1. The summed E-state index contributed by atoms with van der Waals surface area (Å²) in [5, 5.41) is 8.81. The summed E-state index contributed by atoms with van der Waals surface area (Å²) < 4.78 is 37.8. The molecule has 0 radical (unpaired) electrons. The lowest BCUT2D eigenvalue weighted by Crippen LogP contribution is -2.40. The predicted octanol–water partition coefficient (Wildman–Crippen LogP) is 3.10. The summed E-state index contributed by atoms with van der Waals surface area (Å²) in [5.74, 6) is -0.0206. The summed E-state index contributed by atoms with van der Waals surface area (Å²) in [4.78, 5) is 12.6. The largest absolute Gasteiger partial charge is 0.494 e. The smallest absolute Gasteiger partial charge is 0.309 e. The topological polar surface area (TPSA) is 96.7 Å². The van der Waals surface area contributed by atoms with Crippen molar-refractivity contribution in [1.29, 1.82) is 5.26 Å². The number of nitrogens with zero attached hydrogens (tertiary/aromatic N) is 2. The lowest BCUT2D eigenvalue weighted by atomic mass is 9.98. The predicted molar refractivity (Wildman–Crippen MR) is 110 cm³/mol. The Morgan fingerprint density at radius 1 is 1.10 bits per heavy atom. The number of ether oxygens (including phenoxy) is 2. The minimum absolute atomic E-state index is 0.134. The average Bonchev–Trinajstić information content (AvgIpc) is 2.78. The lowest BCUT2D eigenvalue weighted by molar-refractivity contribution is -0.151. The van der Waals surface area contributed by atoms with Crippen LogP contribution in [0.2, 0.25) is 0 Å². The Morgan fingerprint density at radius 2 is 1.73 bits per heavy atom. The number of nitriles is 1. The molecule has 30 heavy (non-hydrogen) atoms. The molecule has 7 nitrogen and oxygen atoms in total. The van der Waals surface area contributed by atoms with E-state index in [4.69, 9.17) is 14.7 Å². The van der Waals surface area contributed by atoms with E-state index < -0.39 is 10.0 Å². The molecule has 0 amide bonds. The van der Waals surface area contributed by atoms with Crippen molar-refractivity contribution in [2.45, 2.75) is 31.3 Å². The van der Waals surface area contributed by atoms with Crippen molar-refractivity contribution < 1.29 is 22.7 Å². The molecule has 158 valence electrons. The van der Waals surface area contributed by atoms with Crippen LogP contribution in [0.25, 0.3) is 0 Å². The van der Waals surface area contributed by atoms with Crippen LogP contribution in [0.3, 0.4) is 0 Å². The Hall–Kier alpha value is -2.89. The second-order valence-electron chi connectivity index (χ2n) is 7.00. The second kappa shape index (κ2) is 9.74. The van der Waals surface area contributed by atoms with Crippen molar-refractivity contribution in [2.24, 2.45) is 5.92 Å². The Balaban J connectivity index is 1.52. The van der Waals surface area contributed by atoms with E-state index in [1.165, 1.54) is 16.4 Å². The van der Waals surface area contributed by atoms with Crippen molar-refractivity contribution in [3.63, 3.8) is 0 Å². The molecule has 1 heterocycles. The Labute approximate surface area is 176 Å². The van der Waals surface area contributed by atoms with Crippen LogP contribution in [-0.2, 0) is 26.2 Å².